The van der Waals surface area contributed by atoms with Crippen LogP contribution < -0.4 is 29.7 Å². The maximum Gasteiger partial charge on any atom is 0.251 e. The van der Waals surface area contributed by atoms with Crippen LogP contribution in [0.15, 0.2) is 54.6 Å². The van der Waals surface area contributed by atoms with E-state index >= 15 is 0 Å². The number of nitrogens with zero attached hydrogens (tertiary/aromatic N) is 3. The summed E-state index contributed by atoms with van der Waals surface area (Å²) in [7, 11) is 1.52. The molecule has 3 saturated heterocycles. The Morgan fingerprint density at radius 1 is 0.921 bits per heavy atom. The molecule has 63 heavy (non-hydrogen) atoms. The van der Waals surface area contributed by atoms with Crippen molar-refractivity contribution in [1.29, 1.82) is 5.26 Å². The highest BCUT2D eigenvalue weighted by molar-refractivity contribution is 6.04. The molecular weight excluding hydrogens is 799 g/mol. The fraction of sp³-hybridized carbons (Fsp3) is 0.540. The fourth-order valence-electron chi connectivity index (χ4n) is 11.2. The first-order valence-corrected chi connectivity index (χ1v) is 22.4. The Hall–Kier alpha value is -5.45. The van der Waals surface area contributed by atoms with Crippen molar-refractivity contribution in [3.8, 4) is 23.3 Å². The van der Waals surface area contributed by atoms with Crippen LogP contribution in [-0.2, 0) is 14.3 Å². The number of carbonyl (C=O) groups is 4. The van der Waals surface area contributed by atoms with E-state index in [-0.39, 0.29) is 65.1 Å². The molecule has 3 amide bonds. The summed E-state index contributed by atoms with van der Waals surface area (Å²) in [5, 5.41) is 15.2. The van der Waals surface area contributed by atoms with E-state index in [0.717, 1.165) is 74.4 Å². The van der Waals surface area contributed by atoms with E-state index < -0.39 is 11.8 Å². The molecule has 5 aliphatic rings. The van der Waals surface area contributed by atoms with Crippen molar-refractivity contribution in [3.05, 3.63) is 82.4 Å². The third-order valence-corrected chi connectivity index (χ3v) is 14.6. The van der Waals surface area contributed by atoms with Gasteiger partial charge in [0.1, 0.15) is 29.5 Å². The normalized spacial score (nSPS) is 26.1. The quantitative estimate of drug-likeness (QED) is 0.147. The molecule has 1 spiro atoms. The van der Waals surface area contributed by atoms with Gasteiger partial charge in [0.05, 0.1) is 36.5 Å². The second-order valence-electron chi connectivity index (χ2n) is 19.6. The van der Waals surface area contributed by atoms with Crippen molar-refractivity contribution >= 4 is 29.2 Å². The largest absolute Gasteiger partial charge is 0.496 e. The van der Waals surface area contributed by atoms with E-state index in [1.54, 1.807) is 18.2 Å². The van der Waals surface area contributed by atoms with Crippen molar-refractivity contribution in [3.63, 3.8) is 0 Å². The average Bonchev–Trinajstić information content (AvgIpc) is 3.24. The number of carbonyl (C=O) groups excluding carboxylic acids is 4. The minimum atomic E-state index is -0.526. The Morgan fingerprint density at radius 3 is 2.24 bits per heavy atom. The average molecular weight is 860 g/mol. The number of morpholine rings is 1. The van der Waals surface area contributed by atoms with Crippen LogP contribution in [0.25, 0.3) is 0 Å². The molecule has 3 aromatic rings. The highest BCUT2D eigenvalue weighted by Crippen LogP contribution is 2.55. The molecule has 3 heterocycles. The highest BCUT2D eigenvalue weighted by atomic mass is 16.5. The third-order valence-electron chi connectivity index (χ3n) is 14.6. The second kappa shape index (κ2) is 17.3. The van der Waals surface area contributed by atoms with Crippen LogP contribution in [0, 0.1) is 41.9 Å². The number of methoxy groups -OCH3 is 1. The highest BCUT2D eigenvalue weighted by Gasteiger charge is 2.64. The van der Waals surface area contributed by atoms with E-state index in [4.69, 9.17) is 18.9 Å². The molecule has 8 rings (SSSR count). The summed E-state index contributed by atoms with van der Waals surface area (Å²) in [5.74, 6) is 0.281. The number of nitriles is 1. The Morgan fingerprint density at radius 2 is 1.60 bits per heavy atom. The SMILES string of the molecule is COc1cc(OC2CC(N3CCOC4(CCN(c5ccc(C(=O)NC6C(C)(C)C(Oc7cc(C)c(C#N)c(C)c7)C6(C)C)cc5)CC4)C3)C2)ccc1C(=O)C[C@H]1CCC(=O)NC1=O. The summed E-state index contributed by atoms with van der Waals surface area (Å²) in [4.78, 5) is 55.4. The first-order chi connectivity index (χ1) is 30.0. The van der Waals surface area contributed by atoms with E-state index in [0.29, 0.717) is 47.3 Å². The Bertz CT molecular complexity index is 2260. The smallest absolute Gasteiger partial charge is 0.251 e. The molecule has 0 aromatic heterocycles. The molecular formula is C50H61N5O8. The number of rotatable bonds is 12. The van der Waals surface area contributed by atoms with Crippen molar-refractivity contribution in [1.82, 2.24) is 15.5 Å². The predicted molar refractivity (Wildman–Crippen MR) is 237 cm³/mol. The zero-order valence-electron chi connectivity index (χ0n) is 37.7. The van der Waals surface area contributed by atoms with Crippen molar-refractivity contribution in [2.45, 2.75) is 116 Å². The first-order valence-electron chi connectivity index (χ1n) is 22.4. The number of piperidine rings is 2. The number of hydrogen-bond donors (Lipinski definition) is 2. The molecule has 2 saturated carbocycles. The van der Waals surface area contributed by atoms with E-state index in [1.165, 1.54) is 7.11 Å². The van der Waals surface area contributed by atoms with Crippen molar-refractivity contribution in [2.24, 2.45) is 16.7 Å². The number of nitrogens with one attached hydrogen (secondary N) is 2. The number of ether oxygens (including phenoxy) is 4. The van der Waals surface area contributed by atoms with Gasteiger partial charge in [0, 0.05) is 98.0 Å². The molecule has 3 aliphatic heterocycles. The molecule has 0 radical (unpaired) electrons. The molecule has 3 aromatic carbocycles. The number of imide groups is 1. The van der Waals surface area contributed by atoms with Gasteiger partial charge in [0.15, 0.2) is 5.78 Å². The lowest BCUT2D eigenvalue weighted by Crippen LogP contribution is -2.74. The standard InChI is InChI=1S/C50H61N5O8/c1-30-22-37(23-31(2)40(30)28-51)63-47-48(3,4)46(49(47,5)6)53-44(58)32-8-11-34(12-9-32)54-18-16-50(17-19-54)29-55(20-21-61-50)35-25-38(26-35)62-36-13-14-39(42(27-36)60-7)41(56)24-33-10-15-43(57)52-45(33)59/h8-9,11-14,22-23,27,33,35,38,46-47H,10,15-21,24-26,29H2,1-7H3,(H,53,58)(H,52,57,59)/t33-,35?,38?,46?,47?/m1/s1. The summed E-state index contributed by atoms with van der Waals surface area (Å²) in [6.07, 6.45) is 4.20. The fourth-order valence-corrected chi connectivity index (χ4v) is 11.2. The summed E-state index contributed by atoms with van der Waals surface area (Å²) < 4.78 is 25.0. The Labute approximate surface area is 370 Å². The van der Waals surface area contributed by atoms with Gasteiger partial charge in [-0.1, -0.05) is 27.7 Å². The molecule has 13 nitrogen and oxygen atoms in total. The number of amides is 3. The lowest BCUT2D eigenvalue weighted by atomic mass is 9.49. The number of Topliss-reactive ketones (excluding diaryl/α,β-unsaturated/α-hetero) is 1. The van der Waals surface area contributed by atoms with E-state index in [1.807, 2.05) is 38.1 Å². The van der Waals surface area contributed by atoms with E-state index in [9.17, 15) is 24.4 Å². The molecule has 2 aliphatic carbocycles. The van der Waals surface area contributed by atoms with Crippen molar-refractivity contribution in [2.75, 3.05) is 44.8 Å². The number of aryl methyl sites for hydroxylation is 2. The van der Waals surface area contributed by atoms with Gasteiger partial charge in [-0.3, -0.25) is 29.4 Å². The van der Waals surface area contributed by atoms with Gasteiger partial charge in [-0.15, -0.1) is 0 Å². The third kappa shape index (κ3) is 8.77. The molecule has 1 atom stereocenters. The summed E-state index contributed by atoms with van der Waals surface area (Å²) in [6.45, 7) is 16.6. The molecule has 0 bridgehead atoms. The first kappa shape index (κ1) is 44.2. The minimum Gasteiger partial charge on any atom is -0.496 e. The van der Waals surface area contributed by atoms with Crippen LogP contribution in [0.3, 0.4) is 0 Å². The van der Waals surface area contributed by atoms with E-state index in [2.05, 4.69) is 66.3 Å². The number of hydrogen-bond acceptors (Lipinski definition) is 11. The Kier molecular flexibility index (Phi) is 12.1. The zero-order valence-corrected chi connectivity index (χ0v) is 37.7. The molecule has 0 unspecified atom stereocenters. The monoisotopic (exact) mass is 859 g/mol. The predicted octanol–water partition coefficient (Wildman–Crippen LogP) is 6.70. The number of anilines is 1. The Balaban J connectivity index is 0.795. The number of benzene rings is 3. The lowest BCUT2D eigenvalue weighted by Gasteiger charge is -2.63. The second-order valence-corrected chi connectivity index (χ2v) is 19.6. The van der Waals surface area contributed by atoms with Crippen LogP contribution in [-0.4, -0.2) is 98.2 Å². The molecule has 5 fully saturated rings. The van der Waals surface area contributed by atoms with Gasteiger partial charge in [0.25, 0.3) is 5.91 Å². The molecule has 2 N–H and O–H groups in total. The van der Waals surface area contributed by atoms with Gasteiger partial charge in [-0.05, 0) is 92.8 Å². The van der Waals surface area contributed by atoms with Gasteiger partial charge in [-0.25, -0.2) is 0 Å². The summed E-state index contributed by atoms with van der Waals surface area (Å²) in [5.41, 5.74) is 3.77. The topological polar surface area (TPSA) is 160 Å². The van der Waals surface area contributed by atoms with Gasteiger partial charge in [-0.2, -0.15) is 5.26 Å². The van der Waals surface area contributed by atoms with Crippen LogP contribution in [0.4, 0.5) is 5.69 Å². The summed E-state index contributed by atoms with van der Waals surface area (Å²) >= 11 is 0. The maximum absolute atomic E-state index is 13.6. The minimum absolute atomic E-state index is 0.0206. The van der Waals surface area contributed by atoms with Crippen LogP contribution in [0.2, 0.25) is 0 Å². The summed E-state index contributed by atoms with van der Waals surface area (Å²) in [6, 6.07) is 19.6. The van der Waals surface area contributed by atoms with Crippen LogP contribution in [0.1, 0.15) is 110 Å². The molecule has 334 valence electrons. The zero-order chi connectivity index (χ0) is 44.8. The van der Waals surface area contributed by atoms with Gasteiger partial charge in [0.2, 0.25) is 11.8 Å². The molecule has 13 heteroatoms. The lowest BCUT2D eigenvalue weighted by molar-refractivity contribution is -0.164. The van der Waals surface area contributed by atoms with Crippen molar-refractivity contribution < 1.29 is 38.1 Å². The van der Waals surface area contributed by atoms with Gasteiger partial charge >= 0.3 is 0 Å². The van der Waals surface area contributed by atoms with Crippen LogP contribution in [0.5, 0.6) is 17.2 Å². The number of ketones is 1. The van der Waals surface area contributed by atoms with Gasteiger partial charge < -0.3 is 29.2 Å². The van der Waals surface area contributed by atoms with Crippen LogP contribution >= 0.6 is 0 Å². The maximum atomic E-state index is 13.6.